The van der Waals surface area contributed by atoms with Gasteiger partial charge in [0.2, 0.25) is 0 Å². The molecular formula is C16H18Cl2N4O. The maximum atomic E-state index is 12.1. The molecule has 0 aliphatic rings. The largest absolute Gasteiger partial charge is 0.350 e. The van der Waals surface area contributed by atoms with Gasteiger partial charge in [0.05, 0.1) is 10.7 Å². The van der Waals surface area contributed by atoms with Crippen LogP contribution in [0.3, 0.4) is 0 Å². The second-order valence-corrected chi connectivity index (χ2v) is 6.38. The molecule has 7 heteroatoms. The number of benzene rings is 1. The standard InChI is InChI=1S/C16H18Cl2N4O/c1-9(2)8-19-16(23)14-7-15(21-10(3)20-14)22-13-5-4-11(17)6-12(13)18/h4-7,9H,8H2,1-3H3,(H,19,23)(H,20,21,22). The predicted octanol–water partition coefficient (Wildman–Crippen LogP) is 4.22. The second-order valence-electron chi connectivity index (χ2n) is 5.54. The SMILES string of the molecule is Cc1nc(Nc2ccc(Cl)cc2Cl)cc(C(=O)NCC(C)C)n1. The fourth-order valence-corrected chi connectivity index (χ4v) is 2.32. The average Bonchev–Trinajstić information content (AvgIpc) is 2.47. The number of aryl methyl sites for hydroxylation is 1. The summed E-state index contributed by atoms with van der Waals surface area (Å²) in [4.78, 5) is 20.6. The van der Waals surface area contributed by atoms with Gasteiger partial charge in [0.15, 0.2) is 0 Å². The van der Waals surface area contributed by atoms with E-state index in [0.29, 0.717) is 45.5 Å². The number of carbonyl (C=O) groups excluding carboxylic acids is 1. The van der Waals surface area contributed by atoms with Crippen LogP contribution in [0.4, 0.5) is 11.5 Å². The predicted molar refractivity (Wildman–Crippen MR) is 93.7 cm³/mol. The van der Waals surface area contributed by atoms with Crippen LogP contribution in [0.15, 0.2) is 24.3 Å². The quantitative estimate of drug-likeness (QED) is 0.845. The van der Waals surface area contributed by atoms with Crippen LogP contribution in [-0.2, 0) is 0 Å². The first-order valence-electron chi connectivity index (χ1n) is 7.21. The van der Waals surface area contributed by atoms with Crippen molar-refractivity contribution in [1.29, 1.82) is 0 Å². The Morgan fingerprint density at radius 3 is 2.61 bits per heavy atom. The van der Waals surface area contributed by atoms with Crippen LogP contribution in [0.2, 0.25) is 10.0 Å². The van der Waals surface area contributed by atoms with Crippen LogP contribution in [0.5, 0.6) is 0 Å². The van der Waals surface area contributed by atoms with Gasteiger partial charge in [0.25, 0.3) is 5.91 Å². The van der Waals surface area contributed by atoms with Crippen molar-refractivity contribution in [2.45, 2.75) is 20.8 Å². The molecular weight excluding hydrogens is 335 g/mol. The highest BCUT2D eigenvalue weighted by Gasteiger charge is 2.11. The molecule has 0 aliphatic heterocycles. The number of anilines is 2. The van der Waals surface area contributed by atoms with Gasteiger partial charge in [0.1, 0.15) is 17.3 Å². The molecule has 0 atom stereocenters. The first-order chi connectivity index (χ1) is 10.8. The van der Waals surface area contributed by atoms with Crippen molar-refractivity contribution < 1.29 is 4.79 Å². The summed E-state index contributed by atoms with van der Waals surface area (Å²) in [6.45, 7) is 6.38. The summed E-state index contributed by atoms with van der Waals surface area (Å²) in [6.07, 6.45) is 0. The third-order valence-corrected chi connectivity index (χ3v) is 3.48. The van der Waals surface area contributed by atoms with Crippen LogP contribution in [0, 0.1) is 12.8 Å². The molecule has 23 heavy (non-hydrogen) atoms. The Morgan fingerprint density at radius 2 is 1.96 bits per heavy atom. The summed E-state index contributed by atoms with van der Waals surface area (Å²) in [5, 5.41) is 6.93. The number of nitrogens with zero attached hydrogens (tertiary/aromatic N) is 2. The Morgan fingerprint density at radius 1 is 1.22 bits per heavy atom. The molecule has 0 aliphatic carbocycles. The third kappa shape index (κ3) is 5.08. The monoisotopic (exact) mass is 352 g/mol. The van der Waals surface area contributed by atoms with Crippen molar-refractivity contribution in [3.8, 4) is 0 Å². The number of halogens is 2. The van der Waals surface area contributed by atoms with Gasteiger partial charge in [-0.1, -0.05) is 37.0 Å². The molecule has 0 spiro atoms. The minimum absolute atomic E-state index is 0.227. The molecule has 0 saturated heterocycles. The molecule has 0 fully saturated rings. The first kappa shape index (κ1) is 17.5. The lowest BCUT2D eigenvalue weighted by Gasteiger charge is -2.11. The van der Waals surface area contributed by atoms with Crippen LogP contribution >= 0.6 is 23.2 Å². The van der Waals surface area contributed by atoms with Gasteiger partial charge in [-0.2, -0.15) is 0 Å². The van der Waals surface area contributed by atoms with Gasteiger partial charge < -0.3 is 10.6 Å². The van der Waals surface area contributed by atoms with Gasteiger partial charge in [0, 0.05) is 17.6 Å². The number of carbonyl (C=O) groups is 1. The molecule has 0 unspecified atom stereocenters. The lowest BCUT2D eigenvalue weighted by Crippen LogP contribution is -2.28. The van der Waals surface area contributed by atoms with Crippen molar-refractivity contribution >= 4 is 40.6 Å². The van der Waals surface area contributed by atoms with Crippen molar-refractivity contribution in [1.82, 2.24) is 15.3 Å². The lowest BCUT2D eigenvalue weighted by atomic mass is 10.2. The molecule has 2 rings (SSSR count). The summed E-state index contributed by atoms with van der Waals surface area (Å²) in [6, 6.07) is 6.70. The van der Waals surface area contributed by atoms with Gasteiger partial charge in [-0.3, -0.25) is 4.79 Å². The number of hydrogen-bond acceptors (Lipinski definition) is 4. The Kier molecular flexibility index (Phi) is 5.80. The Hall–Kier alpha value is -1.85. The van der Waals surface area contributed by atoms with Crippen LogP contribution < -0.4 is 10.6 Å². The summed E-state index contributed by atoms with van der Waals surface area (Å²) in [5.74, 6) is 1.13. The van der Waals surface area contributed by atoms with E-state index in [2.05, 4.69) is 20.6 Å². The smallest absolute Gasteiger partial charge is 0.270 e. The molecule has 1 aromatic heterocycles. The summed E-state index contributed by atoms with van der Waals surface area (Å²) in [5.41, 5.74) is 0.966. The summed E-state index contributed by atoms with van der Waals surface area (Å²) in [7, 11) is 0. The average molecular weight is 353 g/mol. The highest BCUT2D eigenvalue weighted by atomic mass is 35.5. The van der Waals surface area contributed by atoms with Gasteiger partial charge in [-0.25, -0.2) is 9.97 Å². The molecule has 0 radical (unpaired) electrons. The molecule has 122 valence electrons. The van der Waals surface area contributed by atoms with E-state index in [1.807, 2.05) is 13.8 Å². The first-order valence-corrected chi connectivity index (χ1v) is 7.96. The fraction of sp³-hybridized carbons (Fsp3) is 0.312. The van der Waals surface area contributed by atoms with Crippen LogP contribution in [0.25, 0.3) is 0 Å². The Balaban J connectivity index is 2.21. The van der Waals surface area contributed by atoms with Crippen molar-refractivity contribution in [3.63, 3.8) is 0 Å². The molecule has 1 amide bonds. The molecule has 0 saturated carbocycles. The van der Waals surface area contributed by atoms with E-state index in [1.165, 1.54) is 0 Å². The van der Waals surface area contributed by atoms with E-state index in [1.54, 1.807) is 31.2 Å². The maximum absolute atomic E-state index is 12.1. The topological polar surface area (TPSA) is 66.9 Å². The minimum Gasteiger partial charge on any atom is -0.350 e. The zero-order chi connectivity index (χ0) is 17.0. The van der Waals surface area contributed by atoms with E-state index in [0.717, 1.165) is 0 Å². The number of rotatable bonds is 5. The zero-order valence-corrected chi connectivity index (χ0v) is 14.7. The summed E-state index contributed by atoms with van der Waals surface area (Å²) >= 11 is 12.0. The number of amides is 1. The maximum Gasteiger partial charge on any atom is 0.270 e. The fourth-order valence-electron chi connectivity index (χ4n) is 1.86. The third-order valence-electron chi connectivity index (χ3n) is 2.94. The molecule has 1 aromatic carbocycles. The van der Waals surface area contributed by atoms with Gasteiger partial charge >= 0.3 is 0 Å². The molecule has 2 N–H and O–H groups in total. The normalized spacial score (nSPS) is 10.7. The number of hydrogen-bond donors (Lipinski definition) is 2. The Bertz CT molecular complexity index is 719. The van der Waals surface area contributed by atoms with Crippen LogP contribution in [0.1, 0.15) is 30.2 Å². The van der Waals surface area contributed by atoms with E-state index in [-0.39, 0.29) is 5.91 Å². The number of nitrogens with one attached hydrogen (secondary N) is 2. The van der Waals surface area contributed by atoms with E-state index in [9.17, 15) is 4.79 Å². The van der Waals surface area contributed by atoms with Gasteiger partial charge in [-0.05, 0) is 31.0 Å². The molecule has 2 aromatic rings. The second kappa shape index (κ2) is 7.62. The molecule has 1 heterocycles. The highest BCUT2D eigenvalue weighted by Crippen LogP contribution is 2.27. The van der Waals surface area contributed by atoms with Gasteiger partial charge in [-0.15, -0.1) is 0 Å². The van der Waals surface area contributed by atoms with Crippen molar-refractivity contribution in [2.75, 3.05) is 11.9 Å². The Labute approximate surface area is 145 Å². The molecule has 5 nitrogen and oxygen atoms in total. The summed E-state index contributed by atoms with van der Waals surface area (Å²) < 4.78 is 0. The van der Waals surface area contributed by atoms with E-state index >= 15 is 0 Å². The lowest BCUT2D eigenvalue weighted by molar-refractivity contribution is 0.0943. The minimum atomic E-state index is -0.227. The van der Waals surface area contributed by atoms with Crippen molar-refractivity contribution in [3.05, 3.63) is 45.8 Å². The molecule has 0 bridgehead atoms. The highest BCUT2D eigenvalue weighted by molar-refractivity contribution is 6.36. The van der Waals surface area contributed by atoms with E-state index in [4.69, 9.17) is 23.2 Å². The van der Waals surface area contributed by atoms with Crippen molar-refractivity contribution in [2.24, 2.45) is 5.92 Å². The number of aromatic nitrogens is 2. The zero-order valence-electron chi connectivity index (χ0n) is 13.2. The van der Waals surface area contributed by atoms with Crippen LogP contribution in [-0.4, -0.2) is 22.4 Å². The van der Waals surface area contributed by atoms with E-state index < -0.39 is 0 Å².